The highest BCUT2D eigenvalue weighted by atomic mass is 16.3. The maximum absolute atomic E-state index is 12.0. The van der Waals surface area contributed by atoms with Gasteiger partial charge in [0.1, 0.15) is 5.75 Å². The maximum atomic E-state index is 12.0. The Balaban J connectivity index is 2.18. The van der Waals surface area contributed by atoms with Crippen LogP contribution in [0.4, 0.5) is 0 Å². The van der Waals surface area contributed by atoms with Gasteiger partial charge in [-0.1, -0.05) is 11.6 Å². The van der Waals surface area contributed by atoms with Crippen LogP contribution in [0.25, 0.3) is 0 Å². The summed E-state index contributed by atoms with van der Waals surface area (Å²) in [5.74, 6) is -0.263. The van der Waals surface area contributed by atoms with Crippen LogP contribution in [0.2, 0.25) is 0 Å². The SMILES string of the molecule is CC1=CCN(C(=O)c2ncccc2O)CC1. The lowest BCUT2D eigenvalue weighted by atomic mass is 10.1. The van der Waals surface area contributed by atoms with Gasteiger partial charge >= 0.3 is 0 Å². The Morgan fingerprint density at radius 3 is 3.00 bits per heavy atom. The van der Waals surface area contributed by atoms with Crippen LogP contribution in [0.5, 0.6) is 5.75 Å². The molecule has 1 aromatic rings. The minimum absolute atomic E-state index is 0.0567. The van der Waals surface area contributed by atoms with Crippen molar-refractivity contribution < 1.29 is 9.90 Å². The molecule has 1 amide bonds. The third-order valence-corrected chi connectivity index (χ3v) is 2.71. The summed E-state index contributed by atoms with van der Waals surface area (Å²) in [6, 6.07) is 3.08. The normalized spacial score (nSPS) is 15.8. The third kappa shape index (κ3) is 2.05. The Bertz CT molecular complexity index is 440. The van der Waals surface area contributed by atoms with Gasteiger partial charge in [-0.15, -0.1) is 0 Å². The van der Waals surface area contributed by atoms with E-state index in [0.717, 1.165) is 6.42 Å². The number of hydrogen-bond acceptors (Lipinski definition) is 3. The van der Waals surface area contributed by atoms with Crippen LogP contribution in [0.3, 0.4) is 0 Å². The Hall–Kier alpha value is -1.84. The van der Waals surface area contributed by atoms with Gasteiger partial charge in [0, 0.05) is 19.3 Å². The van der Waals surface area contributed by atoms with Gasteiger partial charge in [0.05, 0.1) is 0 Å². The van der Waals surface area contributed by atoms with Crippen LogP contribution in [-0.2, 0) is 0 Å². The van der Waals surface area contributed by atoms with E-state index in [1.807, 2.05) is 6.08 Å². The smallest absolute Gasteiger partial charge is 0.276 e. The Morgan fingerprint density at radius 2 is 2.38 bits per heavy atom. The van der Waals surface area contributed by atoms with Crippen molar-refractivity contribution in [2.24, 2.45) is 0 Å². The van der Waals surface area contributed by atoms with Gasteiger partial charge in [-0.2, -0.15) is 0 Å². The van der Waals surface area contributed by atoms with E-state index in [-0.39, 0.29) is 17.4 Å². The molecule has 0 spiro atoms. The molecule has 84 valence electrons. The van der Waals surface area contributed by atoms with Crippen LogP contribution in [0.15, 0.2) is 30.0 Å². The number of aromatic nitrogens is 1. The summed E-state index contributed by atoms with van der Waals surface area (Å²) in [7, 11) is 0. The van der Waals surface area contributed by atoms with E-state index in [1.54, 1.807) is 11.0 Å². The molecule has 0 radical (unpaired) electrons. The average Bonchev–Trinajstić information content (AvgIpc) is 2.30. The van der Waals surface area contributed by atoms with Gasteiger partial charge in [-0.25, -0.2) is 4.98 Å². The lowest BCUT2D eigenvalue weighted by Gasteiger charge is -2.25. The van der Waals surface area contributed by atoms with Crippen molar-refractivity contribution in [3.8, 4) is 5.75 Å². The molecule has 0 saturated carbocycles. The molecule has 4 heteroatoms. The molecule has 1 aliphatic rings. The van der Waals surface area contributed by atoms with Crippen LogP contribution in [0, 0.1) is 0 Å². The van der Waals surface area contributed by atoms with E-state index in [4.69, 9.17) is 0 Å². The highest BCUT2D eigenvalue weighted by molar-refractivity contribution is 5.94. The summed E-state index contributed by atoms with van der Waals surface area (Å²) >= 11 is 0. The summed E-state index contributed by atoms with van der Waals surface area (Å²) in [6.07, 6.45) is 4.43. The van der Waals surface area contributed by atoms with Gasteiger partial charge in [-0.3, -0.25) is 4.79 Å². The second-order valence-electron chi connectivity index (χ2n) is 3.92. The molecule has 0 unspecified atom stereocenters. The first-order valence-corrected chi connectivity index (χ1v) is 5.27. The van der Waals surface area contributed by atoms with Gasteiger partial charge in [-0.05, 0) is 25.5 Å². The zero-order chi connectivity index (χ0) is 11.5. The van der Waals surface area contributed by atoms with Crippen molar-refractivity contribution in [1.82, 2.24) is 9.88 Å². The van der Waals surface area contributed by atoms with Gasteiger partial charge in [0.15, 0.2) is 5.69 Å². The van der Waals surface area contributed by atoms with Crippen LogP contribution < -0.4 is 0 Å². The number of carbonyl (C=O) groups excluding carboxylic acids is 1. The molecule has 0 fully saturated rings. The first-order chi connectivity index (χ1) is 7.68. The number of pyridine rings is 1. The Kier molecular flexibility index (Phi) is 2.90. The molecule has 0 aromatic carbocycles. The van der Waals surface area contributed by atoms with Crippen molar-refractivity contribution in [3.63, 3.8) is 0 Å². The monoisotopic (exact) mass is 218 g/mol. The molecular weight excluding hydrogens is 204 g/mol. The molecule has 2 rings (SSSR count). The number of hydrogen-bond donors (Lipinski definition) is 1. The predicted molar refractivity (Wildman–Crippen MR) is 60.2 cm³/mol. The van der Waals surface area contributed by atoms with Crippen molar-refractivity contribution in [2.75, 3.05) is 13.1 Å². The zero-order valence-corrected chi connectivity index (χ0v) is 9.18. The first kappa shape index (κ1) is 10.7. The lowest BCUT2D eigenvalue weighted by Crippen LogP contribution is -2.35. The highest BCUT2D eigenvalue weighted by Crippen LogP contribution is 2.17. The molecule has 16 heavy (non-hydrogen) atoms. The molecule has 0 aliphatic carbocycles. The van der Waals surface area contributed by atoms with Gasteiger partial charge in [0.2, 0.25) is 0 Å². The fraction of sp³-hybridized carbons (Fsp3) is 0.333. The van der Waals surface area contributed by atoms with Crippen molar-refractivity contribution in [1.29, 1.82) is 0 Å². The van der Waals surface area contributed by atoms with Crippen molar-refractivity contribution in [2.45, 2.75) is 13.3 Å². The molecule has 2 heterocycles. The minimum Gasteiger partial charge on any atom is -0.505 e. The maximum Gasteiger partial charge on any atom is 0.276 e. The summed E-state index contributed by atoms with van der Waals surface area (Å²) < 4.78 is 0. The van der Waals surface area contributed by atoms with E-state index in [2.05, 4.69) is 11.9 Å². The summed E-state index contributed by atoms with van der Waals surface area (Å²) in [4.78, 5) is 17.6. The summed E-state index contributed by atoms with van der Waals surface area (Å²) in [5, 5.41) is 9.54. The zero-order valence-electron chi connectivity index (χ0n) is 9.18. The molecule has 1 N–H and O–H groups in total. The second-order valence-corrected chi connectivity index (χ2v) is 3.92. The summed E-state index contributed by atoms with van der Waals surface area (Å²) in [6.45, 7) is 3.35. The Morgan fingerprint density at radius 1 is 1.56 bits per heavy atom. The van der Waals surface area contributed by atoms with Crippen molar-refractivity contribution in [3.05, 3.63) is 35.7 Å². The van der Waals surface area contributed by atoms with E-state index in [9.17, 15) is 9.90 Å². The van der Waals surface area contributed by atoms with E-state index in [1.165, 1.54) is 17.8 Å². The second kappa shape index (κ2) is 4.35. The minimum atomic E-state index is -0.207. The molecule has 0 saturated heterocycles. The van der Waals surface area contributed by atoms with Gasteiger partial charge < -0.3 is 10.0 Å². The fourth-order valence-corrected chi connectivity index (χ4v) is 1.67. The molecule has 4 nitrogen and oxygen atoms in total. The number of rotatable bonds is 1. The van der Waals surface area contributed by atoms with Crippen LogP contribution >= 0.6 is 0 Å². The highest BCUT2D eigenvalue weighted by Gasteiger charge is 2.20. The fourth-order valence-electron chi connectivity index (χ4n) is 1.67. The molecule has 1 aliphatic heterocycles. The van der Waals surface area contributed by atoms with Gasteiger partial charge in [0.25, 0.3) is 5.91 Å². The Labute approximate surface area is 94.2 Å². The average molecular weight is 218 g/mol. The standard InChI is InChI=1S/C12H14N2O2/c1-9-4-7-14(8-5-9)12(16)11-10(15)3-2-6-13-11/h2-4,6,15H,5,7-8H2,1H3. The third-order valence-electron chi connectivity index (χ3n) is 2.71. The number of carbonyl (C=O) groups is 1. The quantitative estimate of drug-likeness (QED) is 0.728. The lowest BCUT2D eigenvalue weighted by molar-refractivity contribution is 0.0760. The topological polar surface area (TPSA) is 53.4 Å². The number of nitrogens with zero attached hydrogens (tertiary/aromatic N) is 2. The van der Waals surface area contributed by atoms with E-state index < -0.39 is 0 Å². The van der Waals surface area contributed by atoms with Crippen LogP contribution in [0.1, 0.15) is 23.8 Å². The molecule has 0 atom stereocenters. The number of aromatic hydroxyl groups is 1. The first-order valence-electron chi connectivity index (χ1n) is 5.27. The van der Waals surface area contributed by atoms with E-state index >= 15 is 0 Å². The molecular formula is C12H14N2O2. The van der Waals surface area contributed by atoms with Crippen molar-refractivity contribution >= 4 is 5.91 Å². The largest absolute Gasteiger partial charge is 0.505 e. The van der Waals surface area contributed by atoms with E-state index in [0.29, 0.717) is 13.1 Å². The molecule has 1 aromatic heterocycles. The summed E-state index contributed by atoms with van der Waals surface area (Å²) in [5.41, 5.74) is 1.43. The number of amides is 1. The molecule has 0 bridgehead atoms. The van der Waals surface area contributed by atoms with Crippen LogP contribution in [-0.4, -0.2) is 34.0 Å². The predicted octanol–water partition coefficient (Wildman–Crippen LogP) is 1.58.